The Hall–Kier alpha value is -0.930. The first kappa shape index (κ1) is 16.1. The zero-order valence-electron chi connectivity index (χ0n) is 11.8. The molecule has 1 aliphatic rings. The molecule has 3 nitrogen and oxygen atoms in total. The Morgan fingerprint density at radius 3 is 2.79 bits per heavy atom. The van der Waals surface area contributed by atoms with Gasteiger partial charge in [-0.25, -0.2) is 0 Å². The van der Waals surface area contributed by atoms with Gasteiger partial charge in [-0.2, -0.15) is 0 Å². The molecule has 1 fully saturated rings. The first-order chi connectivity index (χ1) is 8.83. The van der Waals surface area contributed by atoms with E-state index in [-0.39, 0.29) is 12.4 Å². The van der Waals surface area contributed by atoms with Gasteiger partial charge in [0.05, 0.1) is 13.7 Å². The number of ether oxygens (including phenoxy) is 2. The van der Waals surface area contributed by atoms with E-state index in [0.29, 0.717) is 5.92 Å². The van der Waals surface area contributed by atoms with E-state index in [1.165, 1.54) is 12.0 Å². The van der Waals surface area contributed by atoms with Crippen molar-refractivity contribution in [2.24, 2.45) is 5.92 Å². The van der Waals surface area contributed by atoms with E-state index in [0.717, 1.165) is 44.0 Å². The largest absolute Gasteiger partial charge is 0.493 e. The lowest BCUT2D eigenvalue weighted by Gasteiger charge is -2.14. The molecule has 0 aliphatic carbocycles. The monoisotopic (exact) mass is 285 g/mol. The number of halogens is 1. The van der Waals surface area contributed by atoms with Crippen molar-refractivity contribution in [1.29, 1.82) is 0 Å². The summed E-state index contributed by atoms with van der Waals surface area (Å²) in [4.78, 5) is 0. The maximum absolute atomic E-state index is 5.88. The van der Waals surface area contributed by atoms with Crippen molar-refractivity contribution in [2.45, 2.75) is 26.2 Å². The van der Waals surface area contributed by atoms with Crippen molar-refractivity contribution in [2.75, 3.05) is 26.8 Å². The molecular formula is C15H24ClNO2. The molecule has 0 amide bonds. The highest BCUT2D eigenvalue weighted by molar-refractivity contribution is 5.85. The Kier molecular flexibility index (Phi) is 7.03. The fourth-order valence-corrected chi connectivity index (χ4v) is 2.34. The maximum atomic E-state index is 5.88. The van der Waals surface area contributed by atoms with Crippen LogP contribution in [0.1, 0.15) is 25.3 Å². The van der Waals surface area contributed by atoms with Gasteiger partial charge in [0.1, 0.15) is 0 Å². The van der Waals surface area contributed by atoms with Gasteiger partial charge < -0.3 is 14.8 Å². The third-order valence-corrected chi connectivity index (χ3v) is 3.40. The van der Waals surface area contributed by atoms with Gasteiger partial charge in [-0.3, -0.25) is 0 Å². The molecule has 4 heteroatoms. The summed E-state index contributed by atoms with van der Waals surface area (Å²) >= 11 is 0. The Labute approximate surface area is 122 Å². The second kappa shape index (κ2) is 8.28. The third-order valence-electron chi connectivity index (χ3n) is 3.40. The normalized spacial score (nSPS) is 17.9. The minimum absolute atomic E-state index is 0. The molecular weight excluding hydrogens is 262 g/mol. The average Bonchev–Trinajstić information content (AvgIpc) is 2.90. The summed E-state index contributed by atoms with van der Waals surface area (Å²) in [6, 6.07) is 6.26. The lowest BCUT2D eigenvalue weighted by molar-refractivity contribution is 0.247. The van der Waals surface area contributed by atoms with Crippen LogP contribution in [0.5, 0.6) is 11.5 Å². The lowest BCUT2D eigenvalue weighted by atomic mass is 10.1. The highest BCUT2D eigenvalue weighted by atomic mass is 35.5. The minimum atomic E-state index is 0. The fourth-order valence-electron chi connectivity index (χ4n) is 2.34. The van der Waals surface area contributed by atoms with Gasteiger partial charge >= 0.3 is 0 Å². The molecule has 19 heavy (non-hydrogen) atoms. The molecule has 1 aliphatic heterocycles. The molecule has 0 spiro atoms. The van der Waals surface area contributed by atoms with Crippen LogP contribution in [0.2, 0.25) is 0 Å². The SMILES string of the molecule is CCCc1ccc(OCC2CCNC2)c(OC)c1.Cl. The first-order valence-corrected chi connectivity index (χ1v) is 6.84. The lowest BCUT2D eigenvalue weighted by Crippen LogP contribution is -2.15. The molecule has 0 radical (unpaired) electrons. The van der Waals surface area contributed by atoms with Crippen LogP contribution in [0.3, 0.4) is 0 Å². The Morgan fingerprint density at radius 1 is 1.32 bits per heavy atom. The van der Waals surface area contributed by atoms with E-state index in [4.69, 9.17) is 9.47 Å². The summed E-state index contributed by atoms with van der Waals surface area (Å²) < 4.78 is 11.3. The molecule has 1 saturated heterocycles. The van der Waals surface area contributed by atoms with E-state index in [9.17, 15) is 0 Å². The second-order valence-electron chi connectivity index (χ2n) is 4.91. The van der Waals surface area contributed by atoms with Gasteiger partial charge in [0.2, 0.25) is 0 Å². The van der Waals surface area contributed by atoms with Crippen molar-refractivity contribution in [1.82, 2.24) is 5.32 Å². The summed E-state index contributed by atoms with van der Waals surface area (Å²) in [6.45, 7) is 5.14. The van der Waals surface area contributed by atoms with Gasteiger partial charge in [-0.05, 0) is 37.1 Å². The Morgan fingerprint density at radius 2 is 2.16 bits per heavy atom. The number of methoxy groups -OCH3 is 1. The van der Waals surface area contributed by atoms with Gasteiger partial charge in [0, 0.05) is 12.5 Å². The van der Waals surface area contributed by atoms with Gasteiger partial charge in [0.25, 0.3) is 0 Å². The molecule has 1 heterocycles. The Balaban J connectivity index is 0.00000180. The predicted octanol–water partition coefficient (Wildman–Crippen LogP) is 3.06. The fraction of sp³-hybridized carbons (Fsp3) is 0.600. The standard InChI is InChI=1S/C15H23NO2.ClH/c1-3-4-12-5-6-14(15(9-12)17-2)18-11-13-7-8-16-10-13;/h5-6,9,13,16H,3-4,7-8,10-11H2,1-2H3;1H. The Bertz CT molecular complexity index is 378. The molecule has 2 rings (SSSR count). The predicted molar refractivity (Wildman–Crippen MR) is 80.7 cm³/mol. The van der Waals surface area contributed by atoms with E-state index in [2.05, 4.69) is 24.4 Å². The van der Waals surface area contributed by atoms with Gasteiger partial charge in [-0.1, -0.05) is 19.4 Å². The number of hydrogen-bond acceptors (Lipinski definition) is 3. The van der Waals surface area contributed by atoms with Crippen LogP contribution in [-0.2, 0) is 6.42 Å². The van der Waals surface area contributed by atoms with Crippen molar-refractivity contribution >= 4 is 12.4 Å². The zero-order chi connectivity index (χ0) is 12.8. The van der Waals surface area contributed by atoms with E-state index in [1.54, 1.807) is 7.11 Å². The summed E-state index contributed by atoms with van der Waals surface area (Å²) in [7, 11) is 1.70. The number of aryl methyl sites for hydroxylation is 1. The molecule has 1 N–H and O–H groups in total. The summed E-state index contributed by atoms with van der Waals surface area (Å²) in [5.74, 6) is 2.35. The van der Waals surface area contributed by atoms with Crippen LogP contribution >= 0.6 is 12.4 Å². The van der Waals surface area contributed by atoms with Crippen molar-refractivity contribution in [3.05, 3.63) is 23.8 Å². The third kappa shape index (κ3) is 4.59. The van der Waals surface area contributed by atoms with E-state index >= 15 is 0 Å². The minimum Gasteiger partial charge on any atom is -0.493 e. The van der Waals surface area contributed by atoms with Crippen molar-refractivity contribution in [3.63, 3.8) is 0 Å². The summed E-state index contributed by atoms with van der Waals surface area (Å²) in [5, 5.41) is 3.35. The first-order valence-electron chi connectivity index (χ1n) is 6.84. The number of benzene rings is 1. The van der Waals surface area contributed by atoms with Crippen LogP contribution in [-0.4, -0.2) is 26.8 Å². The van der Waals surface area contributed by atoms with Crippen LogP contribution < -0.4 is 14.8 Å². The van der Waals surface area contributed by atoms with Crippen molar-refractivity contribution in [3.8, 4) is 11.5 Å². The highest BCUT2D eigenvalue weighted by Gasteiger charge is 2.16. The van der Waals surface area contributed by atoms with E-state index < -0.39 is 0 Å². The molecule has 108 valence electrons. The molecule has 1 unspecified atom stereocenters. The topological polar surface area (TPSA) is 30.5 Å². The van der Waals surface area contributed by atoms with Crippen LogP contribution in [0.4, 0.5) is 0 Å². The van der Waals surface area contributed by atoms with Crippen LogP contribution in [0.15, 0.2) is 18.2 Å². The summed E-state index contributed by atoms with van der Waals surface area (Å²) in [6.07, 6.45) is 3.44. The maximum Gasteiger partial charge on any atom is 0.161 e. The number of hydrogen-bond donors (Lipinski definition) is 1. The van der Waals surface area contributed by atoms with Crippen molar-refractivity contribution < 1.29 is 9.47 Å². The van der Waals surface area contributed by atoms with Gasteiger partial charge in [-0.15, -0.1) is 12.4 Å². The summed E-state index contributed by atoms with van der Waals surface area (Å²) in [5.41, 5.74) is 1.31. The smallest absolute Gasteiger partial charge is 0.161 e. The highest BCUT2D eigenvalue weighted by Crippen LogP contribution is 2.29. The quantitative estimate of drug-likeness (QED) is 0.871. The zero-order valence-corrected chi connectivity index (χ0v) is 12.6. The van der Waals surface area contributed by atoms with E-state index in [1.807, 2.05) is 6.07 Å². The van der Waals surface area contributed by atoms with Crippen LogP contribution in [0.25, 0.3) is 0 Å². The molecule has 0 aromatic heterocycles. The van der Waals surface area contributed by atoms with Crippen LogP contribution in [0, 0.1) is 5.92 Å². The molecule has 1 aromatic carbocycles. The number of nitrogens with one attached hydrogen (secondary N) is 1. The average molecular weight is 286 g/mol. The molecule has 0 saturated carbocycles. The molecule has 1 aromatic rings. The van der Waals surface area contributed by atoms with Gasteiger partial charge in [0.15, 0.2) is 11.5 Å². The second-order valence-corrected chi connectivity index (χ2v) is 4.91. The molecule has 1 atom stereocenters. The number of rotatable bonds is 6. The molecule has 0 bridgehead atoms.